The highest BCUT2D eigenvalue weighted by atomic mass is 19.3. The second-order valence-electron chi connectivity index (χ2n) is 4.43. The van der Waals surface area contributed by atoms with Crippen molar-refractivity contribution in [2.24, 2.45) is 0 Å². The predicted molar refractivity (Wildman–Crippen MR) is 70.0 cm³/mol. The van der Waals surface area contributed by atoms with Gasteiger partial charge in [0.05, 0.1) is 6.54 Å². The maximum atomic E-state index is 12.7. The summed E-state index contributed by atoms with van der Waals surface area (Å²) in [5.74, 6) is -3.91. The third-order valence-electron chi connectivity index (χ3n) is 2.59. The second-order valence-corrected chi connectivity index (χ2v) is 4.43. The van der Waals surface area contributed by atoms with Gasteiger partial charge in [0.2, 0.25) is 5.91 Å². The summed E-state index contributed by atoms with van der Waals surface area (Å²) in [6, 6.07) is 5.73. The number of amides is 1. The van der Waals surface area contributed by atoms with Crippen molar-refractivity contribution in [3.8, 4) is 0 Å². The zero-order chi connectivity index (χ0) is 14.5. The summed E-state index contributed by atoms with van der Waals surface area (Å²) in [7, 11) is 0. The lowest BCUT2D eigenvalue weighted by molar-refractivity contribution is -0.119. The fourth-order valence-electron chi connectivity index (χ4n) is 1.51. The molecule has 0 saturated carbocycles. The van der Waals surface area contributed by atoms with Crippen LogP contribution in [0.2, 0.25) is 0 Å². The lowest BCUT2D eigenvalue weighted by Crippen LogP contribution is -2.38. The van der Waals surface area contributed by atoms with Crippen molar-refractivity contribution in [2.75, 3.05) is 13.2 Å². The molecule has 1 aromatic carbocycles. The molecule has 0 aromatic heterocycles. The van der Waals surface area contributed by atoms with Crippen molar-refractivity contribution in [1.29, 1.82) is 0 Å². The number of alkyl halides is 2. The molecular formula is C14H17F2NO2. The molecule has 1 rings (SSSR count). The molecule has 0 aliphatic carbocycles. The molecular weight excluding hydrogens is 252 g/mol. The summed E-state index contributed by atoms with van der Waals surface area (Å²) in [6.07, 6.45) is 2.77. The third-order valence-corrected chi connectivity index (χ3v) is 2.59. The van der Waals surface area contributed by atoms with Crippen molar-refractivity contribution in [3.63, 3.8) is 0 Å². The van der Waals surface area contributed by atoms with E-state index in [0.29, 0.717) is 0 Å². The Labute approximate surface area is 110 Å². The van der Waals surface area contributed by atoms with E-state index >= 15 is 0 Å². The molecule has 0 radical (unpaired) electrons. The van der Waals surface area contributed by atoms with Gasteiger partial charge in [0.1, 0.15) is 6.61 Å². The monoisotopic (exact) mass is 269 g/mol. The van der Waals surface area contributed by atoms with Crippen LogP contribution in [0, 0.1) is 13.8 Å². The van der Waals surface area contributed by atoms with Gasteiger partial charge in [-0.3, -0.25) is 4.79 Å². The lowest BCUT2D eigenvalue weighted by Gasteiger charge is -2.12. The maximum absolute atomic E-state index is 12.7. The number of aryl methyl sites for hydroxylation is 2. The maximum Gasteiger partial charge on any atom is 0.287 e. The van der Waals surface area contributed by atoms with E-state index in [9.17, 15) is 13.6 Å². The van der Waals surface area contributed by atoms with Gasteiger partial charge in [-0.1, -0.05) is 23.8 Å². The molecule has 0 unspecified atom stereocenters. The number of hydrogen-bond acceptors (Lipinski definition) is 2. The van der Waals surface area contributed by atoms with Crippen LogP contribution in [-0.4, -0.2) is 30.1 Å². The number of halogens is 2. The Morgan fingerprint density at radius 1 is 1.42 bits per heavy atom. The quantitative estimate of drug-likeness (QED) is 0.804. The number of benzene rings is 1. The molecule has 104 valence electrons. The first kappa shape index (κ1) is 15.3. The largest absolute Gasteiger partial charge is 0.390 e. The number of aliphatic hydroxyl groups is 1. The highest BCUT2D eigenvalue weighted by Gasteiger charge is 2.27. The minimum Gasteiger partial charge on any atom is -0.390 e. The van der Waals surface area contributed by atoms with Crippen molar-refractivity contribution >= 4 is 12.0 Å². The van der Waals surface area contributed by atoms with E-state index in [4.69, 9.17) is 5.11 Å². The smallest absolute Gasteiger partial charge is 0.287 e. The van der Waals surface area contributed by atoms with E-state index in [1.165, 1.54) is 6.08 Å². The van der Waals surface area contributed by atoms with Crippen molar-refractivity contribution in [2.45, 2.75) is 19.8 Å². The van der Waals surface area contributed by atoms with Gasteiger partial charge in [-0.15, -0.1) is 0 Å². The zero-order valence-corrected chi connectivity index (χ0v) is 10.9. The predicted octanol–water partition coefficient (Wildman–Crippen LogP) is 2.06. The van der Waals surface area contributed by atoms with Crippen LogP contribution >= 0.6 is 0 Å². The second kappa shape index (κ2) is 6.43. The minimum absolute atomic E-state index is 0.617. The van der Waals surface area contributed by atoms with Gasteiger partial charge in [-0.05, 0) is 31.1 Å². The van der Waals surface area contributed by atoms with Crippen LogP contribution in [0.25, 0.3) is 6.08 Å². The average Bonchev–Trinajstić information content (AvgIpc) is 2.35. The summed E-state index contributed by atoms with van der Waals surface area (Å²) in [6.45, 7) is 1.71. The SMILES string of the molecule is Cc1ccc(/C=C/C(=O)NCC(F)(F)CO)c(C)c1. The van der Waals surface area contributed by atoms with Gasteiger partial charge in [-0.25, -0.2) is 8.78 Å². The third kappa shape index (κ3) is 5.18. The van der Waals surface area contributed by atoms with Gasteiger partial charge < -0.3 is 10.4 Å². The van der Waals surface area contributed by atoms with Crippen molar-refractivity contribution < 1.29 is 18.7 Å². The lowest BCUT2D eigenvalue weighted by atomic mass is 10.1. The molecule has 0 bridgehead atoms. The van der Waals surface area contributed by atoms with Crippen LogP contribution in [0.4, 0.5) is 8.78 Å². The number of hydrogen-bond donors (Lipinski definition) is 2. The van der Waals surface area contributed by atoms with E-state index in [1.54, 1.807) is 6.08 Å². The standard InChI is InChI=1S/C14H17F2NO2/c1-10-3-4-12(11(2)7-10)5-6-13(19)17-8-14(15,16)9-18/h3-7,18H,8-9H2,1-2H3,(H,17,19)/b6-5+. The Hall–Kier alpha value is -1.75. The highest BCUT2D eigenvalue weighted by Crippen LogP contribution is 2.12. The normalized spacial score (nSPS) is 11.8. The van der Waals surface area contributed by atoms with Crippen LogP contribution in [0.15, 0.2) is 24.3 Å². The fraction of sp³-hybridized carbons (Fsp3) is 0.357. The van der Waals surface area contributed by atoms with Crippen LogP contribution in [0.5, 0.6) is 0 Å². The highest BCUT2D eigenvalue weighted by molar-refractivity contribution is 5.91. The van der Waals surface area contributed by atoms with E-state index in [-0.39, 0.29) is 0 Å². The Bertz CT molecular complexity index is 484. The summed E-state index contributed by atoms with van der Waals surface area (Å²) in [5.41, 5.74) is 2.97. The Morgan fingerprint density at radius 2 is 2.11 bits per heavy atom. The molecule has 0 aliphatic heterocycles. The average molecular weight is 269 g/mol. The van der Waals surface area contributed by atoms with E-state index < -0.39 is 25.0 Å². The number of aliphatic hydroxyl groups excluding tert-OH is 1. The van der Waals surface area contributed by atoms with E-state index in [2.05, 4.69) is 0 Å². The van der Waals surface area contributed by atoms with Gasteiger partial charge >= 0.3 is 0 Å². The van der Waals surface area contributed by atoms with Crippen LogP contribution in [0.3, 0.4) is 0 Å². The van der Waals surface area contributed by atoms with Crippen LogP contribution < -0.4 is 5.32 Å². The molecule has 2 N–H and O–H groups in total. The number of nitrogens with one attached hydrogen (secondary N) is 1. The molecule has 0 aliphatic rings. The molecule has 0 fully saturated rings. The number of carbonyl (C=O) groups excluding carboxylic acids is 1. The molecule has 19 heavy (non-hydrogen) atoms. The summed E-state index contributed by atoms with van der Waals surface area (Å²) < 4.78 is 25.4. The molecule has 1 aromatic rings. The van der Waals surface area contributed by atoms with Crippen molar-refractivity contribution in [1.82, 2.24) is 5.32 Å². The fourth-order valence-corrected chi connectivity index (χ4v) is 1.51. The van der Waals surface area contributed by atoms with Gasteiger partial charge in [-0.2, -0.15) is 0 Å². The molecule has 5 heteroatoms. The van der Waals surface area contributed by atoms with E-state index in [0.717, 1.165) is 16.7 Å². The van der Waals surface area contributed by atoms with Crippen LogP contribution in [-0.2, 0) is 4.79 Å². The summed E-state index contributed by atoms with van der Waals surface area (Å²) in [5, 5.41) is 10.4. The summed E-state index contributed by atoms with van der Waals surface area (Å²) >= 11 is 0. The Kier molecular flexibility index (Phi) is 5.18. The first-order valence-electron chi connectivity index (χ1n) is 5.86. The molecule has 3 nitrogen and oxygen atoms in total. The van der Waals surface area contributed by atoms with Gasteiger partial charge in [0, 0.05) is 6.08 Å². The topological polar surface area (TPSA) is 49.3 Å². The summed E-state index contributed by atoms with van der Waals surface area (Å²) in [4.78, 5) is 11.3. The molecule has 0 spiro atoms. The molecule has 0 saturated heterocycles. The Morgan fingerprint density at radius 3 is 2.68 bits per heavy atom. The minimum atomic E-state index is -3.29. The molecule has 1 amide bonds. The first-order valence-corrected chi connectivity index (χ1v) is 5.86. The number of carbonyl (C=O) groups is 1. The van der Waals surface area contributed by atoms with Crippen molar-refractivity contribution in [3.05, 3.63) is 41.0 Å². The zero-order valence-electron chi connectivity index (χ0n) is 10.9. The van der Waals surface area contributed by atoms with Gasteiger partial charge in [0.15, 0.2) is 0 Å². The molecule has 0 heterocycles. The first-order chi connectivity index (χ1) is 8.84. The Balaban J connectivity index is 2.59. The van der Waals surface area contributed by atoms with E-state index in [1.807, 2.05) is 37.4 Å². The van der Waals surface area contributed by atoms with Gasteiger partial charge in [0.25, 0.3) is 5.92 Å². The molecule has 0 atom stereocenters. The number of rotatable bonds is 5. The van der Waals surface area contributed by atoms with Crippen LogP contribution in [0.1, 0.15) is 16.7 Å².